The zero-order valence-electron chi connectivity index (χ0n) is 17.7. The van der Waals surface area contributed by atoms with Crippen molar-refractivity contribution in [3.05, 3.63) is 59.2 Å². The molecule has 0 aliphatic carbocycles. The molecular weight excluding hydrogens is 402 g/mol. The number of piperazine rings is 1. The number of hydrogen-bond acceptors (Lipinski definition) is 5. The first-order chi connectivity index (χ1) is 14.2. The van der Waals surface area contributed by atoms with Gasteiger partial charge >= 0.3 is 0 Å². The van der Waals surface area contributed by atoms with E-state index < -0.39 is 10.0 Å². The molecule has 1 aliphatic heterocycles. The Hall–Kier alpha value is -2.42. The molecule has 1 aliphatic rings. The normalized spacial score (nSPS) is 15.4. The summed E-state index contributed by atoms with van der Waals surface area (Å²) in [7, 11) is -2.45. The van der Waals surface area contributed by atoms with Gasteiger partial charge in [0.15, 0.2) is 0 Å². The summed E-state index contributed by atoms with van der Waals surface area (Å²) in [6, 6.07) is 12.8. The lowest BCUT2D eigenvalue weighted by molar-refractivity contribution is 0.0625. The summed E-state index contributed by atoms with van der Waals surface area (Å²) in [5, 5.41) is 5.21. The van der Waals surface area contributed by atoms with Gasteiger partial charge in [-0.3, -0.25) is 9.69 Å². The second-order valence-corrected chi connectivity index (χ2v) is 9.43. The Morgan fingerprint density at radius 2 is 1.70 bits per heavy atom. The van der Waals surface area contributed by atoms with E-state index >= 15 is 0 Å². The average Bonchev–Trinajstić information content (AvgIpc) is 2.73. The van der Waals surface area contributed by atoms with E-state index in [0.29, 0.717) is 24.8 Å². The molecule has 1 amide bonds. The third-order valence-corrected chi connectivity index (χ3v) is 6.35. The minimum Gasteiger partial charge on any atom is -0.496 e. The van der Waals surface area contributed by atoms with Crippen LogP contribution in [0.4, 0.5) is 0 Å². The number of primary sulfonamides is 1. The monoisotopic (exact) mass is 431 g/mol. The fourth-order valence-electron chi connectivity index (χ4n) is 3.58. The lowest BCUT2D eigenvalue weighted by atomic mass is 10.0. The standard InChI is InChI=1S/C22H29N3O4S/c1-16(2)18-6-4-17(5-7-18)15-24-10-12-25(13-11-24)22(26)20-14-19(30(23,27)28)8-9-21(20)29-3/h4-9,14,16H,10-13,15H2,1-3H3,(H2,23,27,28). The van der Waals surface area contributed by atoms with Crippen LogP contribution in [0.5, 0.6) is 5.75 Å². The molecule has 0 bridgehead atoms. The molecule has 2 aromatic rings. The van der Waals surface area contributed by atoms with Crippen molar-refractivity contribution in [3.8, 4) is 5.75 Å². The van der Waals surface area contributed by atoms with Crippen molar-refractivity contribution in [1.29, 1.82) is 0 Å². The minimum absolute atomic E-state index is 0.102. The van der Waals surface area contributed by atoms with Gasteiger partial charge in [-0.1, -0.05) is 38.1 Å². The number of nitrogens with two attached hydrogens (primary N) is 1. The maximum Gasteiger partial charge on any atom is 0.257 e. The summed E-state index contributed by atoms with van der Waals surface area (Å²) in [6.07, 6.45) is 0. The summed E-state index contributed by atoms with van der Waals surface area (Å²) in [5.74, 6) is 0.594. The number of rotatable bonds is 6. The van der Waals surface area contributed by atoms with Gasteiger partial charge < -0.3 is 9.64 Å². The van der Waals surface area contributed by atoms with Crippen LogP contribution in [0.2, 0.25) is 0 Å². The quantitative estimate of drug-likeness (QED) is 0.758. The number of benzene rings is 2. The molecule has 0 saturated carbocycles. The van der Waals surface area contributed by atoms with Gasteiger partial charge in [0.25, 0.3) is 5.91 Å². The second kappa shape index (κ2) is 9.16. The molecule has 0 unspecified atom stereocenters. The Morgan fingerprint density at radius 1 is 1.07 bits per heavy atom. The van der Waals surface area contributed by atoms with Crippen molar-refractivity contribution >= 4 is 15.9 Å². The summed E-state index contributed by atoms with van der Waals surface area (Å²) >= 11 is 0. The smallest absolute Gasteiger partial charge is 0.257 e. The molecular formula is C22H29N3O4S. The SMILES string of the molecule is COc1ccc(S(N)(=O)=O)cc1C(=O)N1CCN(Cc2ccc(C(C)C)cc2)CC1. The number of sulfonamides is 1. The number of nitrogens with zero attached hydrogens (tertiary/aromatic N) is 2. The lowest BCUT2D eigenvalue weighted by Crippen LogP contribution is -2.48. The number of carbonyl (C=O) groups excluding carboxylic acids is 1. The Labute approximate surface area is 178 Å². The van der Waals surface area contributed by atoms with Crippen LogP contribution >= 0.6 is 0 Å². The fourth-order valence-corrected chi connectivity index (χ4v) is 4.12. The molecule has 0 radical (unpaired) electrons. The van der Waals surface area contributed by atoms with Crippen LogP contribution in [0, 0.1) is 0 Å². The molecule has 7 nitrogen and oxygen atoms in total. The van der Waals surface area contributed by atoms with E-state index in [1.54, 1.807) is 4.90 Å². The molecule has 1 fully saturated rings. The van der Waals surface area contributed by atoms with Crippen molar-refractivity contribution in [3.63, 3.8) is 0 Å². The molecule has 2 N–H and O–H groups in total. The number of amides is 1. The van der Waals surface area contributed by atoms with Gasteiger partial charge in [-0.05, 0) is 35.2 Å². The summed E-state index contributed by atoms with van der Waals surface area (Å²) in [5.41, 5.74) is 2.79. The summed E-state index contributed by atoms with van der Waals surface area (Å²) in [4.78, 5) is 17.0. The van der Waals surface area contributed by atoms with E-state index in [-0.39, 0.29) is 16.4 Å². The highest BCUT2D eigenvalue weighted by atomic mass is 32.2. The minimum atomic E-state index is -3.90. The maximum atomic E-state index is 13.0. The predicted molar refractivity (Wildman–Crippen MR) is 116 cm³/mol. The van der Waals surface area contributed by atoms with Gasteiger partial charge in [0.1, 0.15) is 5.75 Å². The van der Waals surface area contributed by atoms with Crippen molar-refractivity contribution < 1.29 is 17.9 Å². The highest BCUT2D eigenvalue weighted by molar-refractivity contribution is 7.89. The second-order valence-electron chi connectivity index (χ2n) is 7.87. The zero-order valence-corrected chi connectivity index (χ0v) is 18.5. The van der Waals surface area contributed by atoms with Gasteiger partial charge in [-0.15, -0.1) is 0 Å². The van der Waals surface area contributed by atoms with Gasteiger partial charge in [0, 0.05) is 32.7 Å². The molecule has 162 valence electrons. The van der Waals surface area contributed by atoms with E-state index in [4.69, 9.17) is 9.88 Å². The van der Waals surface area contributed by atoms with Gasteiger partial charge in [0.05, 0.1) is 17.6 Å². The Balaban J connectivity index is 1.65. The van der Waals surface area contributed by atoms with Crippen molar-refractivity contribution in [2.45, 2.75) is 31.2 Å². The van der Waals surface area contributed by atoms with Crippen molar-refractivity contribution in [2.24, 2.45) is 5.14 Å². The van der Waals surface area contributed by atoms with Gasteiger partial charge in [-0.25, -0.2) is 13.6 Å². The molecule has 8 heteroatoms. The molecule has 1 saturated heterocycles. The molecule has 3 rings (SSSR count). The van der Waals surface area contributed by atoms with Crippen LogP contribution in [-0.4, -0.2) is 57.4 Å². The van der Waals surface area contributed by atoms with E-state index in [1.165, 1.54) is 36.4 Å². The number of hydrogen-bond donors (Lipinski definition) is 1. The topological polar surface area (TPSA) is 92.9 Å². The van der Waals surface area contributed by atoms with Gasteiger partial charge in [0.2, 0.25) is 10.0 Å². The van der Waals surface area contributed by atoms with Crippen LogP contribution in [0.25, 0.3) is 0 Å². The maximum absolute atomic E-state index is 13.0. The summed E-state index contributed by atoms with van der Waals surface area (Å²) in [6.45, 7) is 7.81. The largest absolute Gasteiger partial charge is 0.496 e. The van der Waals surface area contributed by atoms with E-state index in [9.17, 15) is 13.2 Å². The molecule has 0 atom stereocenters. The van der Waals surface area contributed by atoms with E-state index in [1.807, 2.05) is 0 Å². The third-order valence-electron chi connectivity index (χ3n) is 5.44. The van der Waals surface area contributed by atoms with Crippen LogP contribution in [0.1, 0.15) is 41.3 Å². The third kappa shape index (κ3) is 5.19. The molecule has 30 heavy (non-hydrogen) atoms. The van der Waals surface area contributed by atoms with Crippen LogP contribution in [0.15, 0.2) is 47.4 Å². The Morgan fingerprint density at radius 3 is 2.23 bits per heavy atom. The van der Waals surface area contributed by atoms with E-state index in [0.717, 1.165) is 19.6 Å². The van der Waals surface area contributed by atoms with Gasteiger partial charge in [-0.2, -0.15) is 0 Å². The lowest BCUT2D eigenvalue weighted by Gasteiger charge is -2.35. The van der Waals surface area contributed by atoms with Crippen molar-refractivity contribution in [2.75, 3.05) is 33.3 Å². The van der Waals surface area contributed by atoms with Crippen LogP contribution in [0.3, 0.4) is 0 Å². The Bertz CT molecular complexity index is 996. The average molecular weight is 432 g/mol. The summed E-state index contributed by atoms with van der Waals surface area (Å²) < 4.78 is 28.6. The molecule has 0 spiro atoms. The van der Waals surface area contributed by atoms with Crippen molar-refractivity contribution in [1.82, 2.24) is 9.80 Å². The molecule has 1 heterocycles. The highest BCUT2D eigenvalue weighted by Gasteiger charge is 2.25. The number of carbonyl (C=O) groups is 1. The first-order valence-corrected chi connectivity index (χ1v) is 11.5. The first kappa shape index (κ1) is 22.3. The predicted octanol–water partition coefficient (Wildman–Crippen LogP) is 2.42. The van der Waals surface area contributed by atoms with Crippen LogP contribution < -0.4 is 9.88 Å². The van der Waals surface area contributed by atoms with Crippen LogP contribution in [-0.2, 0) is 16.6 Å². The highest BCUT2D eigenvalue weighted by Crippen LogP contribution is 2.24. The molecule has 2 aromatic carbocycles. The Kier molecular flexibility index (Phi) is 6.80. The zero-order chi connectivity index (χ0) is 21.9. The molecule has 0 aromatic heterocycles. The van der Waals surface area contributed by atoms with E-state index in [2.05, 4.69) is 43.0 Å². The number of ether oxygens (including phenoxy) is 1. The fraction of sp³-hybridized carbons (Fsp3) is 0.409. The number of methoxy groups -OCH3 is 1. The first-order valence-electron chi connectivity index (χ1n) is 10.0.